The van der Waals surface area contributed by atoms with E-state index in [1.165, 1.54) is 12.1 Å². The predicted octanol–water partition coefficient (Wildman–Crippen LogP) is 4.70. The van der Waals surface area contributed by atoms with Gasteiger partial charge in [0.25, 0.3) is 0 Å². The van der Waals surface area contributed by atoms with Crippen LogP contribution in [0.5, 0.6) is 0 Å². The number of hydrogen-bond acceptors (Lipinski definition) is 2. The Morgan fingerprint density at radius 1 is 0.968 bits per heavy atom. The fourth-order valence-corrected chi connectivity index (χ4v) is 4.89. The number of hydrogen-bond donors (Lipinski definition) is 2. The van der Waals surface area contributed by atoms with Gasteiger partial charge in [-0.2, -0.15) is 0 Å². The number of para-hydroxylation sites is 1. The largest absolute Gasteiger partial charge is 0.355 e. The first-order valence-electron chi connectivity index (χ1n) is 11.2. The molecule has 2 aromatic rings. The van der Waals surface area contributed by atoms with Crippen molar-refractivity contribution in [2.24, 2.45) is 5.92 Å². The van der Waals surface area contributed by atoms with Crippen LogP contribution in [0.25, 0.3) is 0 Å². The van der Waals surface area contributed by atoms with Gasteiger partial charge in [-0.05, 0) is 55.5 Å². The highest BCUT2D eigenvalue weighted by molar-refractivity contribution is 5.89. The summed E-state index contributed by atoms with van der Waals surface area (Å²) in [4.78, 5) is 27.1. The van der Waals surface area contributed by atoms with Crippen LogP contribution in [0, 0.1) is 11.7 Å². The molecule has 6 heteroatoms. The Hall–Kier alpha value is -2.89. The standard InChI is InChI=1S/C25H30FN3O2/c26-21-10-8-20(9-11-21)25(14-4-5-15-25)18-27-23(30)19-12-16-29(17-13-19)24(31)28-22-6-2-1-3-7-22/h1-3,6-11,19H,4-5,12-18H2,(H,27,30)(H,28,31). The van der Waals surface area contributed by atoms with Gasteiger partial charge in [-0.15, -0.1) is 0 Å². The molecular formula is C25H30FN3O2. The highest BCUT2D eigenvalue weighted by Crippen LogP contribution is 2.40. The van der Waals surface area contributed by atoms with E-state index in [1.807, 2.05) is 42.5 Å². The van der Waals surface area contributed by atoms with Crippen molar-refractivity contribution in [2.45, 2.75) is 43.9 Å². The van der Waals surface area contributed by atoms with Gasteiger partial charge >= 0.3 is 6.03 Å². The van der Waals surface area contributed by atoms with Crippen molar-refractivity contribution < 1.29 is 14.0 Å². The van der Waals surface area contributed by atoms with Crippen LogP contribution in [-0.4, -0.2) is 36.5 Å². The van der Waals surface area contributed by atoms with Crippen LogP contribution in [-0.2, 0) is 10.2 Å². The van der Waals surface area contributed by atoms with E-state index in [4.69, 9.17) is 0 Å². The van der Waals surface area contributed by atoms with Crippen LogP contribution in [0.3, 0.4) is 0 Å². The third-order valence-corrected chi connectivity index (χ3v) is 6.80. The van der Waals surface area contributed by atoms with Gasteiger partial charge in [-0.25, -0.2) is 9.18 Å². The van der Waals surface area contributed by atoms with E-state index < -0.39 is 0 Å². The molecule has 0 spiro atoms. The maximum atomic E-state index is 13.4. The van der Waals surface area contributed by atoms with E-state index in [-0.39, 0.29) is 29.1 Å². The Bertz CT molecular complexity index is 887. The minimum absolute atomic E-state index is 0.0662. The lowest BCUT2D eigenvalue weighted by atomic mass is 9.78. The number of carbonyl (C=O) groups is 2. The number of rotatable bonds is 5. The van der Waals surface area contributed by atoms with Crippen molar-refractivity contribution in [3.63, 3.8) is 0 Å². The van der Waals surface area contributed by atoms with Gasteiger partial charge in [0, 0.05) is 36.7 Å². The maximum absolute atomic E-state index is 13.4. The Kier molecular flexibility index (Phi) is 6.54. The molecule has 0 atom stereocenters. The highest BCUT2D eigenvalue weighted by atomic mass is 19.1. The molecule has 0 unspecified atom stereocenters. The molecule has 1 aliphatic heterocycles. The summed E-state index contributed by atoms with van der Waals surface area (Å²) in [5.74, 6) is -0.243. The zero-order chi connectivity index (χ0) is 21.7. The van der Waals surface area contributed by atoms with Gasteiger partial charge in [-0.1, -0.05) is 43.2 Å². The van der Waals surface area contributed by atoms with Gasteiger partial charge in [0.1, 0.15) is 5.82 Å². The summed E-state index contributed by atoms with van der Waals surface area (Å²) in [6, 6.07) is 16.0. The van der Waals surface area contributed by atoms with E-state index in [9.17, 15) is 14.0 Å². The third kappa shape index (κ3) is 5.06. The molecule has 5 nitrogen and oxygen atoms in total. The Morgan fingerprint density at radius 2 is 1.61 bits per heavy atom. The molecule has 1 saturated heterocycles. The van der Waals surface area contributed by atoms with E-state index in [0.29, 0.717) is 32.5 Å². The van der Waals surface area contributed by atoms with Crippen LogP contribution in [0.15, 0.2) is 54.6 Å². The van der Waals surface area contributed by atoms with Gasteiger partial charge in [-0.3, -0.25) is 4.79 Å². The fourth-order valence-electron chi connectivity index (χ4n) is 4.89. The first-order valence-corrected chi connectivity index (χ1v) is 11.2. The number of anilines is 1. The second-order valence-electron chi connectivity index (χ2n) is 8.77. The van der Waals surface area contributed by atoms with Crippen molar-refractivity contribution in [1.82, 2.24) is 10.2 Å². The molecule has 1 aliphatic carbocycles. The summed E-state index contributed by atoms with van der Waals surface area (Å²) in [6.07, 6.45) is 5.60. The average molecular weight is 424 g/mol. The number of amides is 3. The van der Waals surface area contributed by atoms with E-state index in [1.54, 1.807) is 4.90 Å². The number of benzene rings is 2. The topological polar surface area (TPSA) is 61.4 Å². The summed E-state index contributed by atoms with van der Waals surface area (Å²) in [7, 11) is 0. The van der Waals surface area contributed by atoms with Crippen LogP contribution in [0.2, 0.25) is 0 Å². The summed E-state index contributed by atoms with van der Waals surface area (Å²) in [5.41, 5.74) is 1.79. The van der Waals surface area contributed by atoms with Crippen molar-refractivity contribution in [2.75, 3.05) is 25.0 Å². The number of piperidine rings is 1. The molecule has 0 bridgehead atoms. The predicted molar refractivity (Wildman–Crippen MR) is 119 cm³/mol. The number of likely N-dealkylation sites (tertiary alicyclic amines) is 1. The smallest absolute Gasteiger partial charge is 0.321 e. The molecule has 2 aromatic carbocycles. The van der Waals surface area contributed by atoms with Crippen molar-refractivity contribution in [3.05, 3.63) is 66.0 Å². The van der Waals surface area contributed by atoms with Crippen LogP contribution in [0.4, 0.5) is 14.9 Å². The fraction of sp³-hybridized carbons (Fsp3) is 0.440. The molecule has 3 amide bonds. The van der Waals surface area contributed by atoms with Gasteiger partial charge < -0.3 is 15.5 Å². The number of carbonyl (C=O) groups excluding carboxylic acids is 2. The van der Waals surface area contributed by atoms with E-state index in [0.717, 1.165) is 36.9 Å². The quantitative estimate of drug-likeness (QED) is 0.732. The zero-order valence-electron chi connectivity index (χ0n) is 17.8. The summed E-state index contributed by atoms with van der Waals surface area (Å²) < 4.78 is 13.4. The number of halogens is 1. The van der Waals surface area contributed by atoms with Crippen LogP contribution >= 0.6 is 0 Å². The zero-order valence-corrected chi connectivity index (χ0v) is 17.8. The summed E-state index contributed by atoms with van der Waals surface area (Å²) in [6.45, 7) is 1.73. The first-order chi connectivity index (χ1) is 15.1. The Morgan fingerprint density at radius 3 is 2.26 bits per heavy atom. The molecule has 2 N–H and O–H groups in total. The summed E-state index contributed by atoms with van der Waals surface area (Å²) >= 11 is 0. The molecule has 1 heterocycles. The molecule has 4 rings (SSSR count). The maximum Gasteiger partial charge on any atom is 0.321 e. The molecule has 2 fully saturated rings. The minimum Gasteiger partial charge on any atom is -0.355 e. The number of nitrogens with zero attached hydrogens (tertiary/aromatic N) is 1. The molecule has 0 radical (unpaired) electrons. The van der Waals surface area contributed by atoms with Gasteiger partial charge in [0.2, 0.25) is 5.91 Å². The number of urea groups is 1. The molecular weight excluding hydrogens is 393 g/mol. The van der Waals surface area contributed by atoms with E-state index in [2.05, 4.69) is 10.6 Å². The van der Waals surface area contributed by atoms with Crippen molar-refractivity contribution in [3.8, 4) is 0 Å². The molecule has 2 aliphatic rings. The number of nitrogens with one attached hydrogen (secondary N) is 2. The second-order valence-corrected chi connectivity index (χ2v) is 8.77. The normalized spacial score (nSPS) is 18.5. The average Bonchev–Trinajstić information content (AvgIpc) is 3.29. The van der Waals surface area contributed by atoms with Crippen molar-refractivity contribution in [1.29, 1.82) is 0 Å². The summed E-state index contributed by atoms with van der Waals surface area (Å²) in [5, 5.41) is 6.09. The lowest BCUT2D eigenvalue weighted by Crippen LogP contribution is -2.46. The molecule has 1 saturated carbocycles. The first kappa shape index (κ1) is 21.3. The SMILES string of the molecule is O=C(NCC1(c2ccc(F)cc2)CCCC1)C1CCN(C(=O)Nc2ccccc2)CC1. The van der Waals surface area contributed by atoms with Gasteiger partial charge in [0.15, 0.2) is 0 Å². The highest BCUT2D eigenvalue weighted by Gasteiger charge is 2.37. The molecule has 164 valence electrons. The Balaban J connectivity index is 1.28. The third-order valence-electron chi connectivity index (χ3n) is 6.80. The van der Waals surface area contributed by atoms with Crippen LogP contribution < -0.4 is 10.6 Å². The molecule has 31 heavy (non-hydrogen) atoms. The monoisotopic (exact) mass is 423 g/mol. The van der Waals surface area contributed by atoms with Crippen LogP contribution in [0.1, 0.15) is 44.1 Å². The minimum atomic E-state index is -0.232. The molecule has 0 aromatic heterocycles. The second kappa shape index (κ2) is 9.50. The van der Waals surface area contributed by atoms with Crippen molar-refractivity contribution >= 4 is 17.6 Å². The Labute approximate surface area is 183 Å². The van der Waals surface area contributed by atoms with Gasteiger partial charge in [0.05, 0.1) is 0 Å². The van der Waals surface area contributed by atoms with E-state index >= 15 is 0 Å². The lowest BCUT2D eigenvalue weighted by molar-refractivity contribution is -0.126. The lowest BCUT2D eigenvalue weighted by Gasteiger charge is -2.33.